The van der Waals surface area contributed by atoms with Gasteiger partial charge in [-0.3, -0.25) is 0 Å². The summed E-state index contributed by atoms with van der Waals surface area (Å²) in [5.74, 6) is 0. The van der Waals surface area contributed by atoms with Crippen LogP contribution in [0, 0.1) is 5.41 Å². The molecule has 3 heteroatoms. The fraction of sp³-hybridized carbons (Fsp3) is 0.600. The van der Waals surface area contributed by atoms with Gasteiger partial charge in [0.1, 0.15) is 0 Å². The Kier molecular flexibility index (Phi) is 2.44. The maximum absolute atomic E-state index is 7.22. The first kappa shape index (κ1) is 9.51. The molecule has 1 spiro atoms. The zero-order valence-electron chi connectivity index (χ0n) is 13.3. The lowest BCUT2D eigenvalue weighted by Gasteiger charge is -2.40. The van der Waals surface area contributed by atoms with Gasteiger partial charge in [-0.15, -0.1) is 0 Å². The molecule has 0 aliphatic heterocycles. The fourth-order valence-corrected chi connectivity index (χ4v) is 3.99. The molecule has 1 atom stereocenters. The van der Waals surface area contributed by atoms with Gasteiger partial charge in [0.25, 0.3) is 0 Å². The second-order valence-corrected chi connectivity index (χ2v) is 6.59. The first-order valence-electron chi connectivity index (χ1n) is 8.01. The minimum absolute atomic E-state index is 0.0405. The second-order valence-electron chi connectivity index (χ2n) is 5.68. The van der Waals surface area contributed by atoms with E-state index < -0.39 is 7.04 Å². The Labute approximate surface area is 121 Å². The van der Waals surface area contributed by atoms with E-state index in [4.69, 9.17) is 14.6 Å². The highest BCUT2D eigenvalue weighted by Gasteiger charge is 2.46. The number of benzene rings is 1. The molecule has 2 aliphatic carbocycles. The molecule has 1 saturated carbocycles. The maximum atomic E-state index is 7.22. The Bertz CT molecular complexity index is 538. The van der Waals surface area contributed by atoms with Crippen LogP contribution in [-0.2, 0) is 11.2 Å². The van der Waals surface area contributed by atoms with E-state index in [1.807, 2.05) is 0 Å². The van der Waals surface area contributed by atoms with Gasteiger partial charge >= 0.3 is 0 Å². The van der Waals surface area contributed by atoms with Crippen molar-refractivity contribution in [3.8, 4) is 0 Å². The van der Waals surface area contributed by atoms with Crippen LogP contribution in [0.4, 0.5) is 0 Å². The Morgan fingerprint density at radius 3 is 2.94 bits per heavy atom. The van der Waals surface area contributed by atoms with Gasteiger partial charge < -0.3 is 10.5 Å². The van der Waals surface area contributed by atoms with Crippen molar-refractivity contribution in [1.29, 1.82) is 0 Å². The van der Waals surface area contributed by atoms with Crippen molar-refractivity contribution in [1.82, 2.24) is 0 Å². The molecule has 3 rings (SSSR count). The summed E-state index contributed by atoms with van der Waals surface area (Å²) in [6, 6.07) is 6.38. The molecule has 2 aliphatic rings. The summed E-state index contributed by atoms with van der Waals surface area (Å²) in [7, 11) is -2.29. The lowest BCUT2D eigenvalue weighted by molar-refractivity contribution is 0.0207. The molecule has 0 saturated heterocycles. The molecule has 0 aromatic heterocycles. The summed E-state index contributed by atoms with van der Waals surface area (Å²) in [5.41, 5.74) is 9.18. The van der Waals surface area contributed by atoms with Gasteiger partial charge in [-0.25, -0.2) is 0 Å². The summed E-state index contributed by atoms with van der Waals surface area (Å²) in [6.07, 6.45) is 4.26. The highest BCUT2D eigenvalue weighted by Crippen LogP contribution is 2.53. The molecule has 1 aromatic rings. The third-order valence-electron chi connectivity index (χ3n) is 4.74. The number of halogens is 1. The normalized spacial score (nSPS) is 38.0. The number of methoxy groups -OCH3 is 1. The summed E-state index contributed by atoms with van der Waals surface area (Å²) >= 11 is 3.51. The quantitative estimate of drug-likeness (QED) is 0.860. The number of hydrogen-bond acceptors (Lipinski definition) is 2. The average Bonchev–Trinajstić information content (AvgIpc) is 2.65. The largest absolute Gasteiger partial charge is 0.381 e. The van der Waals surface area contributed by atoms with Gasteiger partial charge in [-0.1, -0.05) is 22.0 Å². The molecular weight excluding hydrogens is 290 g/mol. The summed E-state index contributed by atoms with van der Waals surface area (Å²) in [4.78, 5) is 0. The van der Waals surface area contributed by atoms with Crippen LogP contribution in [0.5, 0.6) is 0 Å². The van der Waals surface area contributed by atoms with Gasteiger partial charge in [0, 0.05) is 17.6 Å². The lowest BCUT2D eigenvalue weighted by atomic mass is 9.69. The van der Waals surface area contributed by atoms with Crippen LogP contribution in [0.1, 0.15) is 47.0 Å². The Morgan fingerprint density at radius 1 is 1.44 bits per heavy atom. The van der Waals surface area contributed by atoms with E-state index in [2.05, 4.69) is 34.1 Å². The molecule has 98 valence electrons. The van der Waals surface area contributed by atoms with Crippen molar-refractivity contribution in [2.24, 2.45) is 11.1 Å². The summed E-state index contributed by atoms with van der Waals surface area (Å²) in [5, 5.41) is 0. The van der Waals surface area contributed by atoms with Crippen molar-refractivity contribution >= 4 is 15.9 Å². The standard InChI is InChI=1S/C15H20BrNO/c1-18-12-4-6-15(7-5-12)9-10-2-3-11(16)8-13(10)14(15)17/h2-3,8,12,14H,4-7,9,17H2,1H3/i1D3. The first-order chi connectivity index (χ1) is 9.79. The van der Waals surface area contributed by atoms with Crippen LogP contribution in [-0.4, -0.2) is 13.1 Å². The minimum Gasteiger partial charge on any atom is -0.381 e. The van der Waals surface area contributed by atoms with Crippen molar-refractivity contribution in [3.63, 3.8) is 0 Å². The maximum Gasteiger partial charge on any atom is 0.0571 e. The van der Waals surface area contributed by atoms with Crippen LogP contribution in [0.15, 0.2) is 22.7 Å². The predicted octanol–water partition coefficient (Wildman–Crippen LogP) is 3.58. The topological polar surface area (TPSA) is 35.2 Å². The highest BCUT2D eigenvalue weighted by molar-refractivity contribution is 9.10. The van der Waals surface area contributed by atoms with E-state index in [0.717, 1.165) is 36.6 Å². The van der Waals surface area contributed by atoms with Gasteiger partial charge in [0.15, 0.2) is 0 Å². The number of nitrogens with two attached hydrogens (primary N) is 1. The van der Waals surface area contributed by atoms with Crippen LogP contribution in [0.2, 0.25) is 0 Å². The number of rotatable bonds is 1. The lowest BCUT2D eigenvalue weighted by Crippen LogP contribution is -2.37. The Balaban J connectivity index is 1.72. The third-order valence-corrected chi connectivity index (χ3v) is 5.23. The molecule has 18 heavy (non-hydrogen) atoms. The molecule has 0 amide bonds. The molecule has 1 fully saturated rings. The monoisotopic (exact) mass is 312 g/mol. The predicted molar refractivity (Wildman–Crippen MR) is 76.5 cm³/mol. The van der Waals surface area contributed by atoms with Crippen LogP contribution >= 0.6 is 15.9 Å². The van der Waals surface area contributed by atoms with E-state index in [-0.39, 0.29) is 17.6 Å². The summed E-state index contributed by atoms with van der Waals surface area (Å²) in [6.45, 7) is 0. The average molecular weight is 313 g/mol. The zero-order chi connectivity index (χ0) is 15.3. The van der Waals surface area contributed by atoms with E-state index in [1.165, 1.54) is 11.1 Å². The highest BCUT2D eigenvalue weighted by atomic mass is 79.9. The molecular formula is C15H20BrNO. The molecule has 2 N–H and O–H groups in total. The molecule has 0 radical (unpaired) electrons. The van der Waals surface area contributed by atoms with E-state index in [1.54, 1.807) is 0 Å². The van der Waals surface area contributed by atoms with E-state index >= 15 is 0 Å². The number of ether oxygens (including phenoxy) is 1. The van der Waals surface area contributed by atoms with Crippen LogP contribution < -0.4 is 5.73 Å². The molecule has 0 bridgehead atoms. The molecule has 0 heterocycles. The number of hydrogen-bond donors (Lipinski definition) is 1. The molecule has 2 nitrogen and oxygen atoms in total. The zero-order valence-corrected chi connectivity index (χ0v) is 11.9. The number of fused-ring (bicyclic) bond motifs is 1. The molecule has 1 aromatic carbocycles. The van der Waals surface area contributed by atoms with Crippen LogP contribution in [0.25, 0.3) is 0 Å². The Morgan fingerprint density at radius 2 is 2.22 bits per heavy atom. The van der Waals surface area contributed by atoms with E-state index in [0.29, 0.717) is 0 Å². The Hall–Kier alpha value is -0.380. The van der Waals surface area contributed by atoms with Gasteiger partial charge in [-0.2, -0.15) is 0 Å². The SMILES string of the molecule is [2H]C([2H])([2H])OC1CCC2(CC1)Cc1ccc(Br)cc1C2N. The molecule has 1 unspecified atom stereocenters. The van der Waals surface area contributed by atoms with Gasteiger partial charge in [-0.05, 0) is 60.8 Å². The van der Waals surface area contributed by atoms with Gasteiger partial charge in [0.05, 0.1) is 10.2 Å². The second kappa shape index (κ2) is 4.62. The smallest absolute Gasteiger partial charge is 0.0571 e. The fourth-order valence-electron chi connectivity index (χ4n) is 3.61. The van der Waals surface area contributed by atoms with Crippen LogP contribution in [0.3, 0.4) is 0 Å². The van der Waals surface area contributed by atoms with Crippen molar-refractivity contribution in [2.75, 3.05) is 7.04 Å². The van der Waals surface area contributed by atoms with Crippen molar-refractivity contribution < 1.29 is 8.85 Å². The minimum atomic E-state index is -2.29. The van der Waals surface area contributed by atoms with Crippen molar-refractivity contribution in [2.45, 2.75) is 44.2 Å². The van der Waals surface area contributed by atoms with Gasteiger partial charge in [0.2, 0.25) is 0 Å². The van der Waals surface area contributed by atoms with E-state index in [9.17, 15) is 0 Å². The van der Waals surface area contributed by atoms with Crippen molar-refractivity contribution in [3.05, 3.63) is 33.8 Å². The first-order valence-corrected chi connectivity index (χ1v) is 7.30. The summed E-state index contributed by atoms with van der Waals surface area (Å²) < 4.78 is 27.9. The third kappa shape index (κ3) is 1.93.